The quantitative estimate of drug-likeness (QED) is 0.845. The Labute approximate surface area is 115 Å². The highest BCUT2D eigenvalue weighted by atomic mass is 19.1. The number of carbonyl (C=O) groups excluding carboxylic acids is 1. The van der Waals surface area contributed by atoms with Crippen LogP contribution in [0.5, 0.6) is 0 Å². The van der Waals surface area contributed by atoms with Crippen LogP contribution in [0.2, 0.25) is 0 Å². The molecule has 2 rings (SSSR count). The van der Waals surface area contributed by atoms with Crippen molar-refractivity contribution in [1.29, 1.82) is 0 Å². The van der Waals surface area contributed by atoms with Crippen LogP contribution in [-0.4, -0.2) is 11.1 Å². The van der Waals surface area contributed by atoms with Crippen LogP contribution in [0.3, 0.4) is 0 Å². The molecule has 20 heavy (non-hydrogen) atoms. The topological polar surface area (TPSA) is 81.2 Å². The molecule has 0 aliphatic carbocycles. The lowest BCUT2D eigenvalue weighted by Crippen LogP contribution is -2.27. The monoisotopic (exact) mass is 277 g/mol. The van der Waals surface area contributed by atoms with Crippen molar-refractivity contribution in [2.45, 2.75) is 26.8 Å². The van der Waals surface area contributed by atoms with Crippen LogP contribution in [0.25, 0.3) is 0 Å². The van der Waals surface area contributed by atoms with Crippen molar-refractivity contribution in [3.63, 3.8) is 0 Å². The Kier molecular flexibility index (Phi) is 3.74. The van der Waals surface area contributed by atoms with Crippen molar-refractivity contribution < 1.29 is 13.7 Å². The maximum Gasteiger partial charge on any atom is 0.251 e. The lowest BCUT2D eigenvalue weighted by atomic mass is 10.1. The number of nitrogens with one attached hydrogen (secondary N) is 1. The molecule has 0 saturated heterocycles. The van der Waals surface area contributed by atoms with Gasteiger partial charge in [0.15, 0.2) is 0 Å². The standard InChI is InChI=1S/C14H16FN3O2/c1-7(13-8(2)18-20-9(13)3)17-14(19)10-4-5-12(16)11(15)6-10/h4-7H,16H2,1-3H3,(H,17,19). The summed E-state index contributed by atoms with van der Waals surface area (Å²) in [4.78, 5) is 12.1. The number of benzene rings is 1. The summed E-state index contributed by atoms with van der Waals surface area (Å²) in [5.74, 6) is -0.335. The fourth-order valence-corrected chi connectivity index (χ4v) is 2.13. The molecule has 0 bridgehead atoms. The second-order valence-electron chi connectivity index (χ2n) is 4.67. The SMILES string of the molecule is Cc1noc(C)c1C(C)NC(=O)c1ccc(N)c(F)c1. The van der Waals surface area contributed by atoms with E-state index in [1.54, 1.807) is 13.8 Å². The first kappa shape index (κ1) is 14.0. The Balaban J connectivity index is 2.17. The van der Waals surface area contributed by atoms with E-state index in [4.69, 9.17) is 10.3 Å². The van der Waals surface area contributed by atoms with Crippen LogP contribution in [0, 0.1) is 19.7 Å². The zero-order valence-corrected chi connectivity index (χ0v) is 11.5. The molecule has 1 heterocycles. The molecule has 1 atom stereocenters. The zero-order chi connectivity index (χ0) is 14.9. The molecular weight excluding hydrogens is 261 g/mol. The summed E-state index contributed by atoms with van der Waals surface area (Å²) in [6.45, 7) is 5.40. The van der Waals surface area contributed by atoms with Crippen molar-refractivity contribution in [1.82, 2.24) is 10.5 Å². The van der Waals surface area contributed by atoms with Gasteiger partial charge in [-0.1, -0.05) is 5.16 Å². The summed E-state index contributed by atoms with van der Waals surface area (Å²) in [6, 6.07) is 3.68. The van der Waals surface area contributed by atoms with E-state index < -0.39 is 5.82 Å². The smallest absolute Gasteiger partial charge is 0.251 e. The number of nitrogens with zero attached hydrogens (tertiary/aromatic N) is 1. The lowest BCUT2D eigenvalue weighted by Gasteiger charge is -2.14. The summed E-state index contributed by atoms with van der Waals surface area (Å²) < 4.78 is 18.4. The van der Waals surface area contributed by atoms with Crippen LogP contribution in [0.4, 0.5) is 10.1 Å². The normalized spacial score (nSPS) is 12.2. The molecule has 3 N–H and O–H groups in total. The third kappa shape index (κ3) is 2.64. The first-order chi connectivity index (χ1) is 9.40. The number of rotatable bonds is 3. The summed E-state index contributed by atoms with van der Waals surface area (Å²) >= 11 is 0. The van der Waals surface area contributed by atoms with Gasteiger partial charge in [0.1, 0.15) is 11.6 Å². The fraction of sp³-hybridized carbons (Fsp3) is 0.286. The lowest BCUT2D eigenvalue weighted by molar-refractivity contribution is 0.0939. The molecular formula is C14H16FN3O2. The first-order valence-corrected chi connectivity index (χ1v) is 6.18. The highest BCUT2D eigenvalue weighted by Crippen LogP contribution is 2.21. The molecule has 1 unspecified atom stereocenters. The van der Waals surface area contributed by atoms with Gasteiger partial charge < -0.3 is 15.6 Å². The molecule has 0 fully saturated rings. The molecule has 1 aromatic heterocycles. The zero-order valence-electron chi connectivity index (χ0n) is 11.5. The van der Waals surface area contributed by atoms with E-state index in [1.807, 2.05) is 6.92 Å². The average Bonchev–Trinajstić information content (AvgIpc) is 2.72. The number of aromatic nitrogens is 1. The summed E-state index contributed by atoms with van der Waals surface area (Å²) in [5.41, 5.74) is 7.16. The minimum Gasteiger partial charge on any atom is -0.396 e. The third-order valence-electron chi connectivity index (χ3n) is 3.13. The molecule has 1 amide bonds. The van der Waals surface area contributed by atoms with E-state index in [2.05, 4.69) is 10.5 Å². The van der Waals surface area contributed by atoms with Crippen molar-refractivity contribution in [2.24, 2.45) is 0 Å². The van der Waals surface area contributed by atoms with Crippen LogP contribution < -0.4 is 11.1 Å². The molecule has 0 radical (unpaired) electrons. The molecule has 106 valence electrons. The predicted octanol–water partition coefficient (Wildman–Crippen LogP) is 2.50. The summed E-state index contributed by atoms with van der Waals surface area (Å²) in [6.07, 6.45) is 0. The van der Waals surface area contributed by atoms with Gasteiger partial charge >= 0.3 is 0 Å². The molecule has 0 spiro atoms. The molecule has 6 heteroatoms. The average molecular weight is 277 g/mol. The number of halogens is 1. The highest BCUT2D eigenvalue weighted by molar-refractivity contribution is 5.94. The minimum absolute atomic E-state index is 0.0142. The number of aryl methyl sites for hydroxylation is 2. The van der Waals surface area contributed by atoms with Crippen molar-refractivity contribution in [3.05, 3.63) is 46.6 Å². The number of nitrogens with two attached hydrogens (primary N) is 1. The highest BCUT2D eigenvalue weighted by Gasteiger charge is 2.19. The van der Waals surface area contributed by atoms with E-state index >= 15 is 0 Å². The van der Waals surface area contributed by atoms with E-state index in [0.717, 1.165) is 17.3 Å². The van der Waals surface area contributed by atoms with Gasteiger partial charge in [-0.2, -0.15) is 0 Å². The minimum atomic E-state index is -0.609. The fourth-order valence-electron chi connectivity index (χ4n) is 2.13. The second kappa shape index (κ2) is 5.32. The number of carbonyl (C=O) groups is 1. The number of nitrogen functional groups attached to an aromatic ring is 1. The van der Waals surface area contributed by atoms with E-state index in [9.17, 15) is 9.18 Å². The van der Waals surface area contributed by atoms with Crippen LogP contribution in [-0.2, 0) is 0 Å². The van der Waals surface area contributed by atoms with Crippen LogP contribution in [0.1, 0.15) is 40.3 Å². The van der Waals surface area contributed by atoms with Gasteiger partial charge in [-0.25, -0.2) is 4.39 Å². The van der Waals surface area contributed by atoms with Gasteiger partial charge in [0.05, 0.1) is 17.4 Å². The first-order valence-electron chi connectivity index (χ1n) is 6.18. The van der Waals surface area contributed by atoms with Crippen molar-refractivity contribution in [2.75, 3.05) is 5.73 Å². The second-order valence-corrected chi connectivity index (χ2v) is 4.67. The molecule has 0 aliphatic heterocycles. The van der Waals surface area contributed by atoms with Crippen molar-refractivity contribution >= 4 is 11.6 Å². The number of amides is 1. The number of hydrogen-bond donors (Lipinski definition) is 2. The summed E-state index contributed by atoms with van der Waals surface area (Å²) in [7, 11) is 0. The maximum atomic E-state index is 13.3. The van der Waals surface area contributed by atoms with Gasteiger partial charge in [-0.05, 0) is 39.0 Å². The van der Waals surface area contributed by atoms with Gasteiger partial charge in [0.25, 0.3) is 5.91 Å². The molecule has 5 nitrogen and oxygen atoms in total. The Morgan fingerprint density at radius 3 is 2.70 bits per heavy atom. The molecule has 2 aromatic rings. The Morgan fingerprint density at radius 2 is 2.15 bits per heavy atom. The Bertz CT molecular complexity index is 632. The third-order valence-corrected chi connectivity index (χ3v) is 3.13. The van der Waals surface area contributed by atoms with Gasteiger partial charge in [0.2, 0.25) is 0 Å². The number of hydrogen-bond acceptors (Lipinski definition) is 4. The summed E-state index contributed by atoms with van der Waals surface area (Å²) in [5, 5.41) is 6.62. The van der Waals surface area contributed by atoms with E-state index in [1.165, 1.54) is 12.1 Å². The van der Waals surface area contributed by atoms with Gasteiger partial charge in [-0.15, -0.1) is 0 Å². The largest absolute Gasteiger partial charge is 0.396 e. The van der Waals surface area contributed by atoms with Gasteiger partial charge in [0, 0.05) is 11.1 Å². The molecule has 0 saturated carbocycles. The predicted molar refractivity (Wildman–Crippen MR) is 72.7 cm³/mol. The molecule has 0 aliphatic rings. The van der Waals surface area contributed by atoms with Gasteiger partial charge in [-0.3, -0.25) is 4.79 Å². The van der Waals surface area contributed by atoms with Crippen LogP contribution >= 0.6 is 0 Å². The van der Waals surface area contributed by atoms with Crippen LogP contribution in [0.15, 0.2) is 22.7 Å². The van der Waals surface area contributed by atoms with E-state index in [-0.39, 0.29) is 23.2 Å². The van der Waals surface area contributed by atoms with E-state index in [0.29, 0.717) is 5.76 Å². The Hall–Kier alpha value is -2.37. The van der Waals surface area contributed by atoms with Crippen molar-refractivity contribution in [3.8, 4) is 0 Å². The maximum absolute atomic E-state index is 13.3. The Morgan fingerprint density at radius 1 is 1.45 bits per heavy atom. The molecule has 1 aromatic carbocycles. The number of anilines is 1.